The number of benzene rings is 1. The molecule has 2 rings (SSSR count). The van der Waals surface area contributed by atoms with E-state index in [2.05, 4.69) is 5.16 Å². The summed E-state index contributed by atoms with van der Waals surface area (Å²) in [6, 6.07) is 9.17. The number of methoxy groups -OCH3 is 1. The summed E-state index contributed by atoms with van der Waals surface area (Å²) in [6.45, 7) is 0. The molecule has 0 saturated heterocycles. The molecule has 0 radical (unpaired) electrons. The van der Waals surface area contributed by atoms with Gasteiger partial charge in [0.25, 0.3) is 0 Å². The third kappa shape index (κ3) is 1.72. The second kappa shape index (κ2) is 3.72. The number of aromatic nitrogens is 1. The van der Waals surface area contributed by atoms with E-state index >= 15 is 0 Å². The molecule has 0 aliphatic carbocycles. The van der Waals surface area contributed by atoms with Gasteiger partial charge in [-0.2, -0.15) is 0 Å². The highest BCUT2D eigenvalue weighted by Crippen LogP contribution is 2.25. The molecule has 0 N–H and O–H groups in total. The summed E-state index contributed by atoms with van der Waals surface area (Å²) in [5.74, 6) is 1.41. The highest BCUT2D eigenvalue weighted by atomic mass is 35.5. The highest BCUT2D eigenvalue weighted by Gasteiger charge is 2.05. The van der Waals surface area contributed by atoms with Crippen molar-refractivity contribution in [3.05, 3.63) is 35.5 Å². The van der Waals surface area contributed by atoms with Crippen LogP contribution in [0.4, 0.5) is 0 Å². The lowest BCUT2D eigenvalue weighted by molar-refractivity contribution is 0.413. The Morgan fingerprint density at radius 1 is 1.36 bits per heavy atom. The highest BCUT2D eigenvalue weighted by molar-refractivity contribution is 6.29. The van der Waals surface area contributed by atoms with Crippen LogP contribution >= 0.6 is 11.6 Å². The van der Waals surface area contributed by atoms with E-state index in [1.165, 1.54) is 0 Å². The monoisotopic (exact) mass is 209 g/mol. The van der Waals surface area contributed by atoms with Crippen LogP contribution in [0.15, 0.2) is 34.9 Å². The molecule has 0 bridgehead atoms. The van der Waals surface area contributed by atoms with Crippen LogP contribution in [-0.2, 0) is 0 Å². The first-order valence-corrected chi connectivity index (χ1v) is 4.44. The van der Waals surface area contributed by atoms with Crippen molar-refractivity contribution < 1.29 is 9.26 Å². The lowest BCUT2D eigenvalue weighted by Crippen LogP contribution is -1.82. The van der Waals surface area contributed by atoms with Crippen molar-refractivity contribution in [2.24, 2.45) is 0 Å². The Bertz CT molecular complexity index is 439. The first-order valence-electron chi connectivity index (χ1n) is 4.06. The van der Waals surface area contributed by atoms with Gasteiger partial charge in [-0.05, 0) is 12.1 Å². The molecule has 4 heteroatoms. The number of ether oxygens (including phenoxy) is 1. The topological polar surface area (TPSA) is 35.3 Å². The molecular formula is C10H8ClNO2. The maximum absolute atomic E-state index is 5.65. The maximum atomic E-state index is 5.65. The summed E-state index contributed by atoms with van der Waals surface area (Å²) < 4.78 is 10.1. The Labute approximate surface area is 86.2 Å². The largest absolute Gasteiger partial charge is 0.497 e. The normalized spacial score (nSPS) is 10.1. The number of nitrogens with zero attached hydrogens (tertiary/aromatic N) is 1. The predicted molar refractivity (Wildman–Crippen MR) is 53.5 cm³/mol. The van der Waals surface area contributed by atoms with E-state index in [-0.39, 0.29) is 0 Å². The van der Waals surface area contributed by atoms with Gasteiger partial charge in [-0.3, -0.25) is 0 Å². The molecule has 0 amide bonds. The summed E-state index contributed by atoms with van der Waals surface area (Å²) in [5.41, 5.74) is 0.892. The Morgan fingerprint density at radius 3 is 2.86 bits per heavy atom. The molecule has 0 aliphatic rings. The van der Waals surface area contributed by atoms with Crippen molar-refractivity contribution in [2.75, 3.05) is 7.11 Å². The van der Waals surface area contributed by atoms with Gasteiger partial charge in [0, 0.05) is 11.6 Å². The molecule has 1 aromatic heterocycles. The fourth-order valence-electron chi connectivity index (χ4n) is 1.17. The smallest absolute Gasteiger partial charge is 0.172 e. The first-order chi connectivity index (χ1) is 6.79. The van der Waals surface area contributed by atoms with Gasteiger partial charge in [-0.25, -0.2) is 0 Å². The zero-order valence-corrected chi connectivity index (χ0v) is 8.28. The minimum absolute atomic E-state index is 0.350. The van der Waals surface area contributed by atoms with Gasteiger partial charge >= 0.3 is 0 Å². The number of halogens is 1. The fourth-order valence-corrected chi connectivity index (χ4v) is 1.30. The average Bonchev–Trinajstić information content (AvgIpc) is 2.65. The predicted octanol–water partition coefficient (Wildman–Crippen LogP) is 3.00. The quantitative estimate of drug-likeness (QED) is 0.763. The van der Waals surface area contributed by atoms with Crippen LogP contribution < -0.4 is 4.74 Å². The molecule has 72 valence electrons. The van der Waals surface area contributed by atoms with Crippen LogP contribution in [-0.4, -0.2) is 12.3 Å². The third-order valence-corrected chi connectivity index (χ3v) is 2.01. The Hall–Kier alpha value is -1.48. The Morgan fingerprint density at radius 2 is 2.21 bits per heavy atom. The number of rotatable bonds is 2. The molecule has 0 fully saturated rings. The average molecular weight is 210 g/mol. The SMILES string of the molecule is COc1cccc(-c2cc(Cl)no2)c1. The van der Waals surface area contributed by atoms with E-state index in [1.807, 2.05) is 24.3 Å². The van der Waals surface area contributed by atoms with E-state index in [1.54, 1.807) is 13.2 Å². The molecule has 1 heterocycles. The second-order valence-corrected chi connectivity index (χ2v) is 3.13. The summed E-state index contributed by atoms with van der Waals surface area (Å²) >= 11 is 5.65. The molecule has 2 aromatic rings. The molecule has 0 unspecified atom stereocenters. The molecule has 0 spiro atoms. The molecule has 3 nitrogen and oxygen atoms in total. The van der Waals surface area contributed by atoms with E-state index in [4.69, 9.17) is 20.9 Å². The molecule has 1 aromatic carbocycles. The Balaban J connectivity index is 2.41. The van der Waals surface area contributed by atoms with Gasteiger partial charge in [0.15, 0.2) is 10.9 Å². The van der Waals surface area contributed by atoms with Crippen molar-refractivity contribution in [3.63, 3.8) is 0 Å². The van der Waals surface area contributed by atoms with Crippen LogP contribution in [0, 0.1) is 0 Å². The minimum atomic E-state index is 0.350. The van der Waals surface area contributed by atoms with Gasteiger partial charge in [-0.1, -0.05) is 28.9 Å². The van der Waals surface area contributed by atoms with Crippen molar-refractivity contribution in [3.8, 4) is 17.1 Å². The second-order valence-electron chi connectivity index (χ2n) is 2.75. The zero-order valence-electron chi connectivity index (χ0n) is 7.53. The van der Waals surface area contributed by atoms with E-state index in [0.717, 1.165) is 11.3 Å². The maximum Gasteiger partial charge on any atom is 0.172 e. The lowest BCUT2D eigenvalue weighted by Gasteiger charge is -2.00. The van der Waals surface area contributed by atoms with E-state index in [0.29, 0.717) is 10.9 Å². The fraction of sp³-hybridized carbons (Fsp3) is 0.100. The molecule has 0 saturated carbocycles. The van der Waals surface area contributed by atoms with E-state index in [9.17, 15) is 0 Å². The van der Waals surface area contributed by atoms with Crippen molar-refractivity contribution in [2.45, 2.75) is 0 Å². The number of hydrogen-bond donors (Lipinski definition) is 0. The molecule has 0 aliphatic heterocycles. The summed E-state index contributed by atoms with van der Waals surface area (Å²) in [7, 11) is 1.62. The summed E-state index contributed by atoms with van der Waals surface area (Å²) in [5, 5.41) is 3.95. The van der Waals surface area contributed by atoms with Crippen LogP contribution in [0.1, 0.15) is 0 Å². The van der Waals surface area contributed by atoms with Crippen LogP contribution in [0.5, 0.6) is 5.75 Å². The summed E-state index contributed by atoms with van der Waals surface area (Å²) in [6.07, 6.45) is 0. The van der Waals surface area contributed by atoms with Gasteiger partial charge in [0.05, 0.1) is 7.11 Å². The standard InChI is InChI=1S/C10H8ClNO2/c1-13-8-4-2-3-7(5-8)9-6-10(11)12-14-9/h2-6H,1H3. The van der Waals surface area contributed by atoms with Gasteiger partial charge < -0.3 is 9.26 Å². The van der Waals surface area contributed by atoms with Gasteiger partial charge in [-0.15, -0.1) is 0 Å². The van der Waals surface area contributed by atoms with Gasteiger partial charge in [0.1, 0.15) is 5.75 Å². The lowest BCUT2D eigenvalue weighted by atomic mass is 10.2. The first kappa shape index (κ1) is 9.09. The van der Waals surface area contributed by atoms with Crippen LogP contribution in [0.2, 0.25) is 5.15 Å². The van der Waals surface area contributed by atoms with Crippen molar-refractivity contribution in [1.29, 1.82) is 0 Å². The third-order valence-electron chi connectivity index (χ3n) is 1.84. The van der Waals surface area contributed by atoms with Crippen molar-refractivity contribution >= 4 is 11.6 Å². The molecular weight excluding hydrogens is 202 g/mol. The Kier molecular flexibility index (Phi) is 2.41. The van der Waals surface area contributed by atoms with E-state index < -0.39 is 0 Å². The minimum Gasteiger partial charge on any atom is -0.497 e. The van der Waals surface area contributed by atoms with Crippen LogP contribution in [0.25, 0.3) is 11.3 Å². The number of hydrogen-bond acceptors (Lipinski definition) is 3. The molecule has 0 atom stereocenters. The molecule has 14 heavy (non-hydrogen) atoms. The van der Waals surface area contributed by atoms with Gasteiger partial charge in [0.2, 0.25) is 0 Å². The van der Waals surface area contributed by atoms with Crippen LogP contribution in [0.3, 0.4) is 0 Å². The summed E-state index contributed by atoms with van der Waals surface area (Å²) in [4.78, 5) is 0. The zero-order chi connectivity index (χ0) is 9.97. The van der Waals surface area contributed by atoms with Crippen molar-refractivity contribution in [1.82, 2.24) is 5.16 Å².